The van der Waals surface area contributed by atoms with Crippen molar-refractivity contribution in [1.29, 1.82) is 0 Å². The lowest BCUT2D eigenvalue weighted by molar-refractivity contribution is -0.143. The molecule has 0 spiro atoms. The molecule has 85 heavy (non-hydrogen) atoms. The van der Waals surface area contributed by atoms with Gasteiger partial charge in [-0.3, -0.25) is 9.59 Å². The lowest BCUT2D eigenvalue weighted by Crippen LogP contribution is -2.45. The standard InChI is InChI=1S/C79H155NO5/c1-3-5-7-9-11-13-15-16-17-18-42-45-48-52-55-59-63-67-71-77(82)76(75-81)80-78(83)72-68-64-60-56-53-49-46-43-40-38-36-34-32-30-28-26-24-22-20-19-21-23-25-27-29-31-33-35-37-39-41-44-47-50-54-58-62-66-70-74-85-79(84)73-69-65-61-57-51-14-12-10-8-6-4-2/h67,71,76-77,81-82H,3-66,68-70,72-75H2,1-2H3,(H,80,83)/b71-67+. The molecule has 0 heterocycles. The van der Waals surface area contributed by atoms with E-state index in [0.29, 0.717) is 19.4 Å². The minimum atomic E-state index is -0.840. The summed E-state index contributed by atoms with van der Waals surface area (Å²) in [5.41, 5.74) is 0. The van der Waals surface area contributed by atoms with E-state index in [1.807, 2.05) is 6.08 Å². The Bertz CT molecular complexity index is 1290. The summed E-state index contributed by atoms with van der Waals surface area (Å²) in [5.74, 6) is -0.0329. The molecule has 0 saturated carbocycles. The van der Waals surface area contributed by atoms with E-state index in [2.05, 4.69) is 19.2 Å². The number of unbranched alkanes of at least 4 members (excludes halogenated alkanes) is 64. The molecule has 0 aliphatic carbocycles. The molecule has 0 aliphatic heterocycles. The third-order valence-electron chi connectivity index (χ3n) is 18.8. The van der Waals surface area contributed by atoms with E-state index in [9.17, 15) is 19.8 Å². The minimum Gasteiger partial charge on any atom is -0.466 e. The topological polar surface area (TPSA) is 95.9 Å². The Morgan fingerprint density at radius 1 is 0.318 bits per heavy atom. The molecule has 0 fully saturated rings. The number of ether oxygens (including phenoxy) is 1. The van der Waals surface area contributed by atoms with Crippen LogP contribution in [0.2, 0.25) is 0 Å². The molecule has 6 heteroatoms. The summed E-state index contributed by atoms with van der Waals surface area (Å²) in [5, 5.41) is 23.2. The van der Waals surface area contributed by atoms with Gasteiger partial charge in [0.15, 0.2) is 0 Å². The normalized spacial score (nSPS) is 12.5. The van der Waals surface area contributed by atoms with Gasteiger partial charge in [-0.1, -0.05) is 424 Å². The lowest BCUT2D eigenvalue weighted by Gasteiger charge is -2.20. The number of hydrogen-bond acceptors (Lipinski definition) is 5. The maximum Gasteiger partial charge on any atom is 0.305 e. The number of rotatable bonds is 75. The second-order valence-electron chi connectivity index (χ2n) is 27.4. The average Bonchev–Trinajstić information content (AvgIpc) is 3.55. The molecule has 1 amide bonds. The summed E-state index contributed by atoms with van der Waals surface area (Å²) >= 11 is 0. The Kier molecular flexibility index (Phi) is 73.8. The fourth-order valence-electron chi connectivity index (χ4n) is 12.8. The van der Waals surface area contributed by atoms with Crippen molar-refractivity contribution in [1.82, 2.24) is 5.32 Å². The van der Waals surface area contributed by atoms with E-state index < -0.39 is 12.1 Å². The molecule has 0 aliphatic rings. The van der Waals surface area contributed by atoms with Crippen LogP contribution >= 0.6 is 0 Å². The van der Waals surface area contributed by atoms with Crippen LogP contribution in [-0.4, -0.2) is 47.4 Å². The van der Waals surface area contributed by atoms with Crippen LogP contribution in [-0.2, 0) is 14.3 Å². The first-order chi connectivity index (χ1) is 42.0. The molecule has 0 bridgehead atoms. The average molecular weight is 1200 g/mol. The summed E-state index contributed by atoms with van der Waals surface area (Å²) in [4.78, 5) is 24.5. The summed E-state index contributed by atoms with van der Waals surface area (Å²) in [7, 11) is 0. The number of nitrogens with one attached hydrogen (secondary N) is 1. The fourth-order valence-corrected chi connectivity index (χ4v) is 12.8. The lowest BCUT2D eigenvalue weighted by atomic mass is 10.0. The highest BCUT2D eigenvalue weighted by atomic mass is 16.5. The van der Waals surface area contributed by atoms with Crippen LogP contribution < -0.4 is 5.32 Å². The summed E-state index contributed by atoms with van der Waals surface area (Å²) in [6.07, 6.45) is 94.9. The van der Waals surface area contributed by atoms with Crippen molar-refractivity contribution < 1.29 is 24.5 Å². The monoisotopic (exact) mass is 1200 g/mol. The maximum atomic E-state index is 12.5. The number of allylic oxidation sites excluding steroid dienone is 1. The Balaban J connectivity index is 3.30. The summed E-state index contributed by atoms with van der Waals surface area (Å²) in [6.45, 7) is 4.95. The molecule has 0 aromatic rings. The van der Waals surface area contributed by atoms with Gasteiger partial charge in [0.25, 0.3) is 0 Å². The maximum absolute atomic E-state index is 12.5. The number of amides is 1. The van der Waals surface area contributed by atoms with Crippen molar-refractivity contribution in [3.63, 3.8) is 0 Å². The highest BCUT2D eigenvalue weighted by molar-refractivity contribution is 5.76. The van der Waals surface area contributed by atoms with Crippen molar-refractivity contribution in [3.05, 3.63) is 12.2 Å². The van der Waals surface area contributed by atoms with Crippen LogP contribution in [0.3, 0.4) is 0 Å². The van der Waals surface area contributed by atoms with E-state index in [0.717, 1.165) is 38.5 Å². The van der Waals surface area contributed by atoms with Crippen LogP contribution in [0.4, 0.5) is 0 Å². The molecule has 2 unspecified atom stereocenters. The second-order valence-corrected chi connectivity index (χ2v) is 27.4. The molecular weight excluding hydrogens is 1040 g/mol. The van der Waals surface area contributed by atoms with Crippen molar-refractivity contribution in [2.45, 2.75) is 469 Å². The predicted octanol–water partition coefficient (Wildman–Crippen LogP) is 25.9. The zero-order chi connectivity index (χ0) is 61.3. The zero-order valence-corrected chi connectivity index (χ0v) is 58.1. The van der Waals surface area contributed by atoms with E-state index in [1.54, 1.807) is 6.08 Å². The van der Waals surface area contributed by atoms with Gasteiger partial charge >= 0.3 is 5.97 Å². The van der Waals surface area contributed by atoms with Gasteiger partial charge in [-0.2, -0.15) is 0 Å². The zero-order valence-electron chi connectivity index (χ0n) is 58.1. The summed E-state index contributed by atoms with van der Waals surface area (Å²) < 4.78 is 5.48. The number of carbonyl (C=O) groups is 2. The van der Waals surface area contributed by atoms with Crippen LogP contribution in [0.5, 0.6) is 0 Å². The van der Waals surface area contributed by atoms with E-state index in [-0.39, 0.29) is 18.5 Å². The van der Waals surface area contributed by atoms with Gasteiger partial charge in [-0.05, 0) is 32.1 Å². The SMILES string of the molecule is CCCCCCCCCCCCCCCCCC/C=C/C(O)C(CO)NC(=O)CCCCCCCCCCCCCCCCCCCCCCCCCCCCCCCCCCCCCCCCCOC(=O)CCCCCCCCCCCCC. The highest BCUT2D eigenvalue weighted by Crippen LogP contribution is 2.20. The van der Waals surface area contributed by atoms with Gasteiger partial charge in [-0.15, -0.1) is 0 Å². The van der Waals surface area contributed by atoms with Crippen LogP contribution in [0, 0.1) is 0 Å². The third-order valence-corrected chi connectivity index (χ3v) is 18.8. The Labute approximate surface area is 533 Å². The number of esters is 1. The first-order valence-corrected chi connectivity index (χ1v) is 39.5. The first-order valence-electron chi connectivity index (χ1n) is 39.5. The van der Waals surface area contributed by atoms with Crippen molar-refractivity contribution in [3.8, 4) is 0 Å². The molecule has 2 atom stereocenters. The van der Waals surface area contributed by atoms with Gasteiger partial charge in [-0.25, -0.2) is 0 Å². The largest absolute Gasteiger partial charge is 0.466 e. The molecule has 0 aromatic carbocycles. The molecule has 6 nitrogen and oxygen atoms in total. The second kappa shape index (κ2) is 75.1. The van der Waals surface area contributed by atoms with Gasteiger partial charge in [0.2, 0.25) is 5.91 Å². The molecule has 0 rings (SSSR count). The van der Waals surface area contributed by atoms with E-state index in [4.69, 9.17) is 4.74 Å². The highest BCUT2D eigenvalue weighted by Gasteiger charge is 2.18. The molecular formula is C79H155NO5. The summed E-state index contributed by atoms with van der Waals surface area (Å²) in [6, 6.07) is -0.623. The van der Waals surface area contributed by atoms with E-state index >= 15 is 0 Å². The Morgan fingerprint density at radius 3 is 0.800 bits per heavy atom. The van der Waals surface area contributed by atoms with Gasteiger partial charge < -0.3 is 20.3 Å². The minimum absolute atomic E-state index is 0.0245. The molecule has 3 N–H and O–H groups in total. The van der Waals surface area contributed by atoms with Gasteiger partial charge in [0.05, 0.1) is 25.4 Å². The Morgan fingerprint density at radius 2 is 0.541 bits per heavy atom. The first kappa shape index (κ1) is 83.6. The van der Waals surface area contributed by atoms with Crippen LogP contribution in [0.25, 0.3) is 0 Å². The Hall–Kier alpha value is -1.40. The van der Waals surface area contributed by atoms with Gasteiger partial charge in [0.1, 0.15) is 0 Å². The van der Waals surface area contributed by atoms with E-state index in [1.165, 1.54) is 392 Å². The molecule has 0 saturated heterocycles. The van der Waals surface area contributed by atoms with Crippen LogP contribution in [0.1, 0.15) is 457 Å². The fraction of sp³-hybridized carbons (Fsp3) is 0.949. The number of aliphatic hydroxyl groups excluding tert-OH is 2. The number of hydrogen-bond donors (Lipinski definition) is 3. The number of carbonyl (C=O) groups excluding carboxylic acids is 2. The number of aliphatic hydroxyl groups is 2. The van der Waals surface area contributed by atoms with Crippen molar-refractivity contribution >= 4 is 11.9 Å². The van der Waals surface area contributed by atoms with Gasteiger partial charge in [0, 0.05) is 12.8 Å². The third kappa shape index (κ3) is 71.6. The van der Waals surface area contributed by atoms with Crippen LogP contribution in [0.15, 0.2) is 12.2 Å². The van der Waals surface area contributed by atoms with Crippen molar-refractivity contribution in [2.75, 3.05) is 13.2 Å². The molecule has 0 aromatic heterocycles. The predicted molar refractivity (Wildman–Crippen MR) is 375 cm³/mol. The molecule has 506 valence electrons. The quantitative estimate of drug-likeness (QED) is 0.0320. The molecule has 0 radical (unpaired) electrons. The smallest absolute Gasteiger partial charge is 0.305 e. The van der Waals surface area contributed by atoms with Crippen molar-refractivity contribution in [2.24, 2.45) is 0 Å².